The lowest BCUT2D eigenvalue weighted by molar-refractivity contribution is 0.0952. The molecule has 0 saturated carbocycles. The molecule has 1 amide bonds. The molecule has 1 heterocycles. The van der Waals surface area contributed by atoms with E-state index in [1.807, 2.05) is 18.2 Å². The molecule has 3 nitrogen and oxygen atoms in total. The number of nitrogens with one attached hydrogen (secondary N) is 1. The first kappa shape index (κ1) is 14.7. The average molecular weight is 333 g/mol. The highest BCUT2D eigenvalue weighted by atomic mass is 79.9. The molecule has 2 aromatic rings. The summed E-state index contributed by atoms with van der Waals surface area (Å²) in [5.74, 6) is 0.369. The first-order chi connectivity index (χ1) is 9.66. The molecule has 0 bridgehead atoms. The molecular formula is C16H17BrN2O. The van der Waals surface area contributed by atoms with Crippen LogP contribution in [-0.4, -0.2) is 17.4 Å². The van der Waals surface area contributed by atoms with Gasteiger partial charge in [-0.2, -0.15) is 0 Å². The van der Waals surface area contributed by atoms with Gasteiger partial charge in [-0.25, -0.2) is 4.98 Å². The number of benzene rings is 1. The minimum absolute atomic E-state index is 0.0617. The van der Waals surface area contributed by atoms with E-state index in [0.717, 1.165) is 6.42 Å². The third kappa shape index (κ3) is 4.17. The van der Waals surface area contributed by atoms with Crippen LogP contribution in [0.25, 0.3) is 0 Å². The molecule has 1 atom stereocenters. The molecule has 20 heavy (non-hydrogen) atoms. The third-order valence-corrected chi connectivity index (χ3v) is 3.65. The zero-order valence-electron chi connectivity index (χ0n) is 11.3. The number of nitrogens with zero attached hydrogens (tertiary/aromatic N) is 1. The monoisotopic (exact) mass is 332 g/mol. The topological polar surface area (TPSA) is 42.0 Å². The Hall–Kier alpha value is -1.68. The SMILES string of the molecule is CC(CCNC(=O)c1ccnc(Br)c1)c1ccccc1. The van der Waals surface area contributed by atoms with Crippen LogP contribution in [0.1, 0.15) is 35.2 Å². The van der Waals surface area contributed by atoms with Crippen molar-refractivity contribution in [3.8, 4) is 0 Å². The summed E-state index contributed by atoms with van der Waals surface area (Å²) in [5, 5.41) is 2.94. The van der Waals surface area contributed by atoms with Gasteiger partial charge in [0.25, 0.3) is 5.91 Å². The molecule has 0 fully saturated rings. The Balaban J connectivity index is 1.83. The first-order valence-electron chi connectivity index (χ1n) is 6.61. The summed E-state index contributed by atoms with van der Waals surface area (Å²) in [5.41, 5.74) is 1.92. The molecule has 1 N–H and O–H groups in total. The van der Waals surface area contributed by atoms with Crippen LogP contribution in [0.5, 0.6) is 0 Å². The Morgan fingerprint density at radius 2 is 2.05 bits per heavy atom. The zero-order chi connectivity index (χ0) is 14.4. The summed E-state index contributed by atoms with van der Waals surface area (Å²) in [6, 6.07) is 13.8. The Kier molecular flexibility index (Phi) is 5.30. The van der Waals surface area contributed by atoms with E-state index < -0.39 is 0 Å². The Morgan fingerprint density at radius 3 is 2.75 bits per heavy atom. The van der Waals surface area contributed by atoms with Gasteiger partial charge in [-0.05, 0) is 46.0 Å². The van der Waals surface area contributed by atoms with Crippen molar-refractivity contribution >= 4 is 21.8 Å². The molecule has 0 spiro atoms. The number of halogens is 1. The van der Waals surface area contributed by atoms with Crippen LogP contribution < -0.4 is 5.32 Å². The first-order valence-corrected chi connectivity index (χ1v) is 7.41. The van der Waals surface area contributed by atoms with Crippen molar-refractivity contribution in [1.29, 1.82) is 0 Å². The number of carbonyl (C=O) groups is 1. The van der Waals surface area contributed by atoms with Crippen molar-refractivity contribution in [3.05, 3.63) is 64.4 Å². The lowest BCUT2D eigenvalue weighted by Crippen LogP contribution is -2.25. The maximum atomic E-state index is 12.0. The zero-order valence-corrected chi connectivity index (χ0v) is 12.9. The van der Waals surface area contributed by atoms with E-state index in [-0.39, 0.29) is 5.91 Å². The van der Waals surface area contributed by atoms with Crippen LogP contribution in [0, 0.1) is 0 Å². The highest BCUT2D eigenvalue weighted by Crippen LogP contribution is 2.17. The third-order valence-electron chi connectivity index (χ3n) is 3.22. The molecule has 1 aromatic carbocycles. The summed E-state index contributed by atoms with van der Waals surface area (Å²) in [6.45, 7) is 2.83. The van der Waals surface area contributed by atoms with Crippen LogP contribution in [0.4, 0.5) is 0 Å². The van der Waals surface area contributed by atoms with E-state index in [1.54, 1.807) is 18.3 Å². The maximum Gasteiger partial charge on any atom is 0.251 e. The molecule has 1 unspecified atom stereocenters. The van der Waals surface area contributed by atoms with Crippen LogP contribution in [-0.2, 0) is 0 Å². The Labute approximate surface area is 127 Å². The normalized spacial score (nSPS) is 11.9. The number of pyridine rings is 1. The van der Waals surface area contributed by atoms with Crippen molar-refractivity contribution in [2.24, 2.45) is 0 Å². The number of aromatic nitrogens is 1. The number of hydrogen-bond donors (Lipinski definition) is 1. The van der Waals surface area contributed by atoms with Gasteiger partial charge in [0.05, 0.1) is 0 Å². The van der Waals surface area contributed by atoms with Gasteiger partial charge in [-0.3, -0.25) is 4.79 Å². The molecule has 2 rings (SSSR count). The Bertz CT molecular complexity index is 572. The average Bonchev–Trinajstić information content (AvgIpc) is 2.48. The smallest absolute Gasteiger partial charge is 0.251 e. The van der Waals surface area contributed by atoms with Crippen LogP contribution >= 0.6 is 15.9 Å². The summed E-state index contributed by atoms with van der Waals surface area (Å²) in [6.07, 6.45) is 2.54. The molecule has 0 aliphatic heterocycles. The van der Waals surface area contributed by atoms with E-state index >= 15 is 0 Å². The van der Waals surface area contributed by atoms with Crippen molar-refractivity contribution in [2.45, 2.75) is 19.3 Å². The minimum Gasteiger partial charge on any atom is -0.352 e. The second-order valence-corrected chi connectivity index (χ2v) is 5.54. The van der Waals surface area contributed by atoms with Crippen molar-refractivity contribution in [1.82, 2.24) is 10.3 Å². The van der Waals surface area contributed by atoms with E-state index in [0.29, 0.717) is 22.6 Å². The summed E-state index contributed by atoms with van der Waals surface area (Å²) < 4.78 is 0.669. The number of rotatable bonds is 5. The van der Waals surface area contributed by atoms with Gasteiger partial charge in [-0.15, -0.1) is 0 Å². The molecule has 0 radical (unpaired) electrons. The van der Waals surface area contributed by atoms with Crippen LogP contribution in [0.3, 0.4) is 0 Å². The number of hydrogen-bond acceptors (Lipinski definition) is 2. The summed E-state index contributed by atoms with van der Waals surface area (Å²) >= 11 is 3.26. The fraction of sp³-hybridized carbons (Fsp3) is 0.250. The lowest BCUT2D eigenvalue weighted by atomic mass is 9.98. The van der Waals surface area contributed by atoms with Crippen molar-refractivity contribution < 1.29 is 4.79 Å². The summed E-state index contributed by atoms with van der Waals surface area (Å²) in [7, 11) is 0. The van der Waals surface area contributed by atoms with Gasteiger partial charge in [-0.1, -0.05) is 37.3 Å². The largest absolute Gasteiger partial charge is 0.352 e. The van der Waals surface area contributed by atoms with Crippen molar-refractivity contribution in [2.75, 3.05) is 6.54 Å². The quantitative estimate of drug-likeness (QED) is 0.847. The number of amides is 1. The predicted molar refractivity (Wildman–Crippen MR) is 83.7 cm³/mol. The predicted octanol–water partition coefficient (Wildman–Crippen LogP) is 3.77. The van der Waals surface area contributed by atoms with Gasteiger partial charge >= 0.3 is 0 Å². The minimum atomic E-state index is -0.0617. The van der Waals surface area contributed by atoms with Gasteiger partial charge in [0.1, 0.15) is 4.60 Å². The Morgan fingerprint density at radius 1 is 1.30 bits per heavy atom. The second-order valence-electron chi connectivity index (χ2n) is 4.72. The molecule has 0 aliphatic carbocycles. The molecule has 104 valence electrons. The lowest BCUT2D eigenvalue weighted by Gasteiger charge is -2.12. The highest BCUT2D eigenvalue weighted by Gasteiger charge is 2.08. The van der Waals surface area contributed by atoms with Gasteiger partial charge < -0.3 is 5.32 Å². The van der Waals surface area contributed by atoms with E-state index in [4.69, 9.17) is 0 Å². The van der Waals surface area contributed by atoms with Gasteiger partial charge in [0, 0.05) is 18.3 Å². The van der Waals surface area contributed by atoms with Crippen LogP contribution in [0.2, 0.25) is 0 Å². The molecular weight excluding hydrogens is 316 g/mol. The fourth-order valence-electron chi connectivity index (χ4n) is 2.00. The van der Waals surface area contributed by atoms with Crippen molar-refractivity contribution in [3.63, 3.8) is 0 Å². The van der Waals surface area contributed by atoms with Gasteiger partial charge in [0.15, 0.2) is 0 Å². The van der Waals surface area contributed by atoms with E-state index in [1.165, 1.54) is 5.56 Å². The van der Waals surface area contributed by atoms with Gasteiger partial charge in [0.2, 0.25) is 0 Å². The highest BCUT2D eigenvalue weighted by molar-refractivity contribution is 9.10. The van der Waals surface area contributed by atoms with E-state index in [2.05, 4.69) is 45.3 Å². The number of carbonyl (C=O) groups excluding carboxylic acids is 1. The molecule has 1 aromatic heterocycles. The molecule has 4 heteroatoms. The fourth-order valence-corrected chi connectivity index (χ4v) is 2.36. The summed E-state index contributed by atoms with van der Waals surface area (Å²) in [4.78, 5) is 16.0. The maximum absolute atomic E-state index is 12.0. The molecule has 0 aliphatic rings. The van der Waals surface area contributed by atoms with E-state index in [9.17, 15) is 4.79 Å². The van der Waals surface area contributed by atoms with Crippen LogP contribution in [0.15, 0.2) is 53.3 Å². The molecule has 0 saturated heterocycles. The standard InChI is InChI=1S/C16H17BrN2O/c1-12(13-5-3-2-4-6-13)7-9-19-16(20)14-8-10-18-15(17)11-14/h2-6,8,10-12H,7,9H2,1H3,(H,19,20). The second kappa shape index (κ2) is 7.20.